The maximum atomic E-state index is 12.1. The normalized spacial score (nSPS) is 28.6. The first kappa shape index (κ1) is 14.4. The minimum absolute atomic E-state index is 0.00879. The monoisotopic (exact) mass is 293 g/mol. The van der Waals surface area contributed by atoms with Crippen molar-refractivity contribution in [2.24, 2.45) is 11.3 Å². The summed E-state index contributed by atoms with van der Waals surface area (Å²) in [6.07, 6.45) is 4.47. The third kappa shape index (κ3) is 2.76. The Balaban J connectivity index is 1.60. The predicted molar refractivity (Wildman–Crippen MR) is 75.6 cm³/mol. The molecule has 1 spiro atoms. The number of rotatable bonds is 1. The van der Waals surface area contributed by atoms with Gasteiger partial charge in [0, 0.05) is 13.0 Å². The number of aromatic hydroxyl groups is 1. The Morgan fingerprint density at radius 3 is 2.62 bits per heavy atom. The van der Waals surface area contributed by atoms with Crippen LogP contribution in [0.25, 0.3) is 0 Å². The highest BCUT2D eigenvalue weighted by Gasteiger charge is 2.44. The molecule has 0 aromatic carbocycles. The fourth-order valence-electron chi connectivity index (χ4n) is 3.54. The lowest BCUT2D eigenvalue weighted by molar-refractivity contribution is -0.162. The molecule has 0 radical (unpaired) electrons. The SMILES string of the molecule is CC(C)(C)OC(=O)C1CCC2(CC1)Cc1c(O)nnn1C2. The van der Waals surface area contributed by atoms with Gasteiger partial charge in [0.15, 0.2) is 0 Å². The zero-order valence-corrected chi connectivity index (χ0v) is 12.9. The second-order valence-electron chi connectivity index (χ2n) is 7.50. The number of ether oxygens (including phenoxy) is 1. The Kier molecular flexibility index (Phi) is 3.22. The molecule has 1 fully saturated rings. The minimum atomic E-state index is -0.417. The average molecular weight is 293 g/mol. The second-order valence-corrected chi connectivity index (χ2v) is 7.50. The van der Waals surface area contributed by atoms with Gasteiger partial charge in [-0.15, -0.1) is 0 Å². The van der Waals surface area contributed by atoms with Crippen LogP contribution in [0.3, 0.4) is 0 Å². The van der Waals surface area contributed by atoms with E-state index in [1.165, 1.54) is 0 Å². The molecule has 1 aliphatic heterocycles. The van der Waals surface area contributed by atoms with Crippen molar-refractivity contribution in [3.63, 3.8) is 0 Å². The highest BCUT2D eigenvalue weighted by atomic mass is 16.6. The topological polar surface area (TPSA) is 77.2 Å². The van der Waals surface area contributed by atoms with E-state index in [0.29, 0.717) is 0 Å². The van der Waals surface area contributed by atoms with Crippen molar-refractivity contribution >= 4 is 5.97 Å². The third-order valence-electron chi connectivity index (χ3n) is 4.63. The number of fused-ring (bicyclic) bond motifs is 1. The molecule has 116 valence electrons. The summed E-state index contributed by atoms with van der Waals surface area (Å²) in [6.45, 7) is 6.51. The molecule has 1 saturated carbocycles. The molecule has 1 N–H and O–H groups in total. The summed E-state index contributed by atoms with van der Waals surface area (Å²) < 4.78 is 7.30. The number of hydrogen-bond donors (Lipinski definition) is 1. The van der Waals surface area contributed by atoms with Gasteiger partial charge in [0.25, 0.3) is 5.88 Å². The number of aromatic nitrogens is 3. The van der Waals surface area contributed by atoms with Gasteiger partial charge in [0.2, 0.25) is 0 Å². The maximum Gasteiger partial charge on any atom is 0.309 e. The van der Waals surface area contributed by atoms with Crippen LogP contribution in [0.5, 0.6) is 5.88 Å². The van der Waals surface area contributed by atoms with Crippen LogP contribution in [0.2, 0.25) is 0 Å². The minimum Gasteiger partial charge on any atom is -0.491 e. The number of esters is 1. The van der Waals surface area contributed by atoms with E-state index in [4.69, 9.17) is 4.74 Å². The van der Waals surface area contributed by atoms with Crippen molar-refractivity contribution < 1.29 is 14.6 Å². The molecule has 2 aliphatic rings. The van der Waals surface area contributed by atoms with E-state index in [-0.39, 0.29) is 23.2 Å². The molecule has 0 amide bonds. The van der Waals surface area contributed by atoms with Gasteiger partial charge in [-0.1, -0.05) is 10.3 Å². The first-order valence-corrected chi connectivity index (χ1v) is 7.62. The van der Waals surface area contributed by atoms with Crippen LogP contribution in [-0.2, 0) is 22.5 Å². The number of nitrogens with zero attached hydrogens (tertiary/aromatic N) is 3. The largest absolute Gasteiger partial charge is 0.491 e. The van der Waals surface area contributed by atoms with Crippen molar-refractivity contribution in [2.45, 2.75) is 65.0 Å². The lowest BCUT2D eigenvalue weighted by atomic mass is 9.69. The molecule has 2 heterocycles. The maximum absolute atomic E-state index is 12.1. The summed E-state index contributed by atoms with van der Waals surface area (Å²) in [7, 11) is 0. The predicted octanol–water partition coefficient (Wildman–Crippen LogP) is 2.06. The van der Waals surface area contributed by atoms with Crippen LogP contribution in [0.15, 0.2) is 0 Å². The van der Waals surface area contributed by atoms with Gasteiger partial charge in [0.05, 0.1) is 5.92 Å². The fourth-order valence-corrected chi connectivity index (χ4v) is 3.54. The van der Waals surface area contributed by atoms with E-state index in [9.17, 15) is 9.90 Å². The molecule has 0 bridgehead atoms. The van der Waals surface area contributed by atoms with Crippen LogP contribution >= 0.6 is 0 Å². The zero-order valence-electron chi connectivity index (χ0n) is 12.9. The first-order valence-electron chi connectivity index (χ1n) is 7.62. The zero-order chi connectivity index (χ0) is 15.3. The van der Waals surface area contributed by atoms with Crippen molar-refractivity contribution in [3.05, 3.63) is 5.69 Å². The lowest BCUT2D eigenvalue weighted by Crippen LogP contribution is -2.35. The van der Waals surface area contributed by atoms with Gasteiger partial charge < -0.3 is 9.84 Å². The van der Waals surface area contributed by atoms with E-state index in [1.807, 2.05) is 25.5 Å². The van der Waals surface area contributed by atoms with Gasteiger partial charge >= 0.3 is 5.97 Å². The molecular weight excluding hydrogens is 270 g/mol. The van der Waals surface area contributed by atoms with Crippen LogP contribution in [0.1, 0.15) is 52.1 Å². The lowest BCUT2D eigenvalue weighted by Gasteiger charge is -2.36. The molecule has 0 unspecified atom stereocenters. The Bertz CT molecular complexity index is 551. The Morgan fingerprint density at radius 2 is 2.05 bits per heavy atom. The van der Waals surface area contributed by atoms with Gasteiger partial charge in [-0.3, -0.25) is 4.79 Å². The summed E-state index contributed by atoms with van der Waals surface area (Å²) in [6, 6.07) is 0. The number of carbonyl (C=O) groups excluding carboxylic acids is 1. The van der Waals surface area contributed by atoms with Crippen molar-refractivity contribution in [2.75, 3.05) is 0 Å². The molecule has 6 heteroatoms. The van der Waals surface area contributed by atoms with E-state index >= 15 is 0 Å². The number of hydrogen-bond acceptors (Lipinski definition) is 5. The molecule has 3 rings (SSSR count). The van der Waals surface area contributed by atoms with Crippen molar-refractivity contribution in [1.82, 2.24) is 15.0 Å². The quantitative estimate of drug-likeness (QED) is 0.802. The first-order chi connectivity index (χ1) is 9.78. The molecular formula is C15H23N3O3. The second kappa shape index (κ2) is 4.71. The molecule has 1 aromatic rings. The van der Waals surface area contributed by atoms with E-state index in [1.54, 1.807) is 0 Å². The Hall–Kier alpha value is -1.59. The summed E-state index contributed by atoms with van der Waals surface area (Å²) >= 11 is 0. The standard InChI is InChI=1S/C15H23N3O3/c1-14(2,3)21-13(20)10-4-6-15(7-5-10)8-11-12(19)16-17-18(11)9-15/h10,19H,4-9H2,1-3H3. The smallest absolute Gasteiger partial charge is 0.309 e. The highest BCUT2D eigenvalue weighted by Crippen LogP contribution is 2.47. The molecule has 1 aliphatic carbocycles. The van der Waals surface area contributed by atoms with Crippen LogP contribution in [0.4, 0.5) is 0 Å². The van der Waals surface area contributed by atoms with Crippen LogP contribution < -0.4 is 0 Å². The summed E-state index contributed by atoms with van der Waals surface area (Å²) in [5.74, 6) is -0.00627. The van der Waals surface area contributed by atoms with Crippen molar-refractivity contribution in [3.8, 4) is 5.88 Å². The van der Waals surface area contributed by atoms with Crippen molar-refractivity contribution in [1.29, 1.82) is 0 Å². The Labute approximate surface area is 124 Å². The van der Waals surface area contributed by atoms with Gasteiger partial charge in [-0.2, -0.15) is 0 Å². The number of carbonyl (C=O) groups is 1. The highest BCUT2D eigenvalue weighted by molar-refractivity contribution is 5.73. The van der Waals surface area contributed by atoms with E-state index in [2.05, 4.69) is 10.3 Å². The Morgan fingerprint density at radius 1 is 1.38 bits per heavy atom. The van der Waals surface area contributed by atoms with Crippen LogP contribution in [0, 0.1) is 11.3 Å². The molecule has 0 saturated heterocycles. The molecule has 0 atom stereocenters. The van der Waals surface area contributed by atoms with Gasteiger partial charge in [0.1, 0.15) is 11.3 Å². The third-order valence-corrected chi connectivity index (χ3v) is 4.63. The summed E-state index contributed by atoms with van der Waals surface area (Å²) in [5.41, 5.74) is 0.561. The average Bonchev–Trinajstić information content (AvgIpc) is 2.88. The van der Waals surface area contributed by atoms with Gasteiger partial charge in [-0.25, -0.2) is 4.68 Å². The molecule has 1 aromatic heterocycles. The summed E-state index contributed by atoms with van der Waals surface area (Å²) in [5, 5.41) is 17.4. The molecule has 6 nitrogen and oxygen atoms in total. The molecule has 21 heavy (non-hydrogen) atoms. The summed E-state index contributed by atoms with van der Waals surface area (Å²) in [4.78, 5) is 12.1. The van der Waals surface area contributed by atoms with E-state index < -0.39 is 5.60 Å². The fraction of sp³-hybridized carbons (Fsp3) is 0.800. The van der Waals surface area contributed by atoms with Gasteiger partial charge in [-0.05, 0) is 51.9 Å². The van der Waals surface area contributed by atoms with E-state index in [0.717, 1.165) is 44.3 Å². The van der Waals surface area contributed by atoms with Crippen LogP contribution in [-0.4, -0.2) is 31.7 Å².